The van der Waals surface area contributed by atoms with Crippen LogP contribution in [0.5, 0.6) is 0 Å². The molecule has 0 aliphatic rings. The number of amides is 1. The van der Waals surface area contributed by atoms with E-state index in [1.807, 2.05) is 28.8 Å². The number of nitro benzene ring substituents is 1. The molecule has 24 heavy (non-hydrogen) atoms. The summed E-state index contributed by atoms with van der Waals surface area (Å²) in [6, 6.07) is 13.3. The first-order valence-electron chi connectivity index (χ1n) is 7.24. The zero-order valence-corrected chi connectivity index (χ0v) is 12.6. The second-order valence-corrected chi connectivity index (χ2v) is 5.14. The number of nitrogens with one attached hydrogen (secondary N) is 1. The Hall–Kier alpha value is -3.48. The maximum Gasteiger partial charge on any atom is 0.269 e. The van der Waals surface area contributed by atoms with Gasteiger partial charge in [0.2, 0.25) is 5.91 Å². The SMILES string of the molecule is O=C(Cc1ccc([N+](=O)[O-])cc1)Nc1ccccc1-n1ccnc1. The highest BCUT2D eigenvalue weighted by atomic mass is 16.6. The smallest absolute Gasteiger partial charge is 0.269 e. The fraction of sp³-hybridized carbons (Fsp3) is 0.0588. The van der Waals surface area contributed by atoms with E-state index in [9.17, 15) is 14.9 Å². The Balaban J connectivity index is 1.73. The standard InChI is InChI=1S/C17H14N4O3/c22-17(11-13-5-7-14(8-6-13)21(23)24)19-15-3-1-2-4-16(15)20-10-9-18-12-20/h1-10,12H,11H2,(H,19,22). The number of nitro groups is 1. The van der Waals surface area contributed by atoms with Crippen molar-refractivity contribution in [2.45, 2.75) is 6.42 Å². The molecule has 0 radical (unpaired) electrons. The molecule has 0 saturated carbocycles. The minimum Gasteiger partial charge on any atom is -0.324 e. The average Bonchev–Trinajstić information content (AvgIpc) is 3.10. The van der Waals surface area contributed by atoms with Gasteiger partial charge in [0.15, 0.2) is 0 Å². The first-order chi connectivity index (χ1) is 11.6. The lowest BCUT2D eigenvalue weighted by molar-refractivity contribution is -0.384. The molecular weight excluding hydrogens is 308 g/mol. The summed E-state index contributed by atoms with van der Waals surface area (Å²) >= 11 is 0. The fourth-order valence-corrected chi connectivity index (χ4v) is 2.32. The average molecular weight is 322 g/mol. The Bertz CT molecular complexity index is 858. The van der Waals surface area contributed by atoms with Gasteiger partial charge in [0.25, 0.3) is 5.69 Å². The molecule has 120 valence electrons. The van der Waals surface area contributed by atoms with Crippen molar-refractivity contribution in [1.29, 1.82) is 0 Å². The van der Waals surface area contributed by atoms with Gasteiger partial charge in [-0.05, 0) is 17.7 Å². The fourth-order valence-electron chi connectivity index (χ4n) is 2.32. The van der Waals surface area contributed by atoms with Crippen molar-refractivity contribution >= 4 is 17.3 Å². The van der Waals surface area contributed by atoms with E-state index in [-0.39, 0.29) is 18.0 Å². The molecular formula is C17H14N4O3. The Kier molecular flexibility index (Phi) is 4.33. The van der Waals surface area contributed by atoms with E-state index >= 15 is 0 Å². The monoisotopic (exact) mass is 322 g/mol. The van der Waals surface area contributed by atoms with Crippen LogP contribution in [0.3, 0.4) is 0 Å². The van der Waals surface area contributed by atoms with Crippen LogP contribution in [0.1, 0.15) is 5.56 Å². The minimum absolute atomic E-state index is 0.00427. The normalized spacial score (nSPS) is 10.3. The number of non-ortho nitro benzene ring substituents is 1. The maximum absolute atomic E-state index is 12.3. The van der Waals surface area contributed by atoms with Crippen molar-refractivity contribution in [2.75, 3.05) is 5.32 Å². The van der Waals surface area contributed by atoms with Crippen molar-refractivity contribution in [3.8, 4) is 5.69 Å². The van der Waals surface area contributed by atoms with E-state index in [0.29, 0.717) is 11.3 Å². The number of anilines is 1. The van der Waals surface area contributed by atoms with E-state index in [1.54, 1.807) is 30.9 Å². The Morgan fingerprint density at radius 2 is 1.92 bits per heavy atom. The van der Waals surface area contributed by atoms with Gasteiger partial charge in [0, 0.05) is 24.5 Å². The van der Waals surface area contributed by atoms with E-state index in [0.717, 1.165) is 5.69 Å². The molecule has 1 amide bonds. The highest BCUT2D eigenvalue weighted by molar-refractivity contribution is 5.94. The molecule has 0 atom stereocenters. The lowest BCUT2D eigenvalue weighted by Crippen LogP contribution is -2.15. The van der Waals surface area contributed by atoms with Gasteiger partial charge in [0.05, 0.1) is 29.0 Å². The predicted octanol–water partition coefficient (Wildman–Crippen LogP) is 2.96. The molecule has 1 aromatic heterocycles. The topological polar surface area (TPSA) is 90.1 Å². The number of hydrogen-bond donors (Lipinski definition) is 1. The van der Waals surface area contributed by atoms with Gasteiger partial charge >= 0.3 is 0 Å². The molecule has 3 rings (SSSR count). The van der Waals surface area contributed by atoms with E-state index in [4.69, 9.17) is 0 Å². The Labute approximate surface area is 137 Å². The van der Waals surface area contributed by atoms with Gasteiger partial charge in [-0.15, -0.1) is 0 Å². The zero-order chi connectivity index (χ0) is 16.9. The van der Waals surface area contributed by atoms with Crippen LogP contribution < -0.4 is 5.32 Å². The van der Waals surface area contributed by atoms with Crippen LogP contribution in [-0.4, -0.2) is 20.4 Å². The van der Waals surface area contributed by atoms with Crippen LogP contribution in [0.25, 0.3) is 5.69 Å². The number of carbonyl (C=O) groups excluding carboxylic acids is 1. The third kappa shape index (κ3) is 3.46. The summed E-state index contributed by atoms with van der Waals surface area (Å²) in [4.78, 5) is 26.4. The lowest BCUT2D eigenvalue weighted by Gasteiger charge is -2.11. The molecule has 7 heteroatoms. The van der Waals surface area contributed by atoms with Crippen LogP contribution >= 0.6 is 0 Å². The third-order valence-electron chi connectivity index (χ3n) is 3.47. The first kappa shape index (κ1) is 15.4. The molecule has 1 N–H and O–H groups in total. The number of benzene rings is 2. The summed E-state index contributed by atoms with van der Waals surface area (Å²) in [6.07, 6.45) is 5.24. The largest absolute Gasteiger partial charge is 0.324 e. The van der Waals surface area contributed by atoms with Gasteiger partial charge in [0.1, 0.15) is 0 Å². The van der Waals surface area contributed by atoms with E-state index in [2.05, 4.69) is 10.3 Å². The number of aromatic nitrogens is 2. The predicted molar refractivity (Wildman–Crippen MR) is 89.0 cm³/mol. The van der Waals surface area contributed by atoms with Crippen LogP contribution in [-0.2, 0) is 11.2 Å². The molecule has 0 spiro atoms. The summed E-state index contributed by atoms with van der Waals surface area (Å²) in [5.74, 6) is -0.198. The summed E-state index contributed by atoms with van der Waals surface area (Å²) in [5, 5.41) is 13.5. The number of para-hydroxylation sites is 2. The number of hydrogen-bond acceptors (Lipinski definition) is 4. The number of imidazole rings is 1. The van der Waals surface area contributed by atoms with Crippen molar-refractivity contribution < 1.29 is 9.72 Å². The van der Waals surface area contributed by atoms with E-state index < -0.39 is 4.92 Å². The second-order valence-electron chi connectivity index (χ2n) is 5.14. The van der Waals surface area contributed by atoms with Crippen LogP contribution in [0.4, 0.5) is 11.4 Å². The Morgan fingerprint density at radius 1 is 1.17 bits per heavy atom. The van der Waals surface area contributed by atoms with Crippen LogP contribution in [0.15, 0.2) is 67.3 Å². The molecule has 0 saturated heterocycles. The summed E-state index contributed by atoms with van der Waals surface area (Å²) in [7, 11) is 0. The summed E-state index contributed by atoms with van der Waals surface area (Å²) < 4.78 is 1.81. The summed E-state index contributed by atoms with van der Waals surface area (Å²) in [6.45, 7) is 0. The van der Waals surface area contributed by atoms with E-state index in [1.165, 1.54) is 12.1 Å². The molecule has 3 aromatic rings. The highest BCUT2D eigenvalue weighted by Gasteiger charge is 2.10. The van der Waals surface area contributed by atoms with Gasteiger partial charge in [-0.1, -0.05) is 24.3 Å². The summed E-state index contributed by atoms with van der Waals surface area (Å²) in [5.41, 5.74) is 2.19. The molecule has 0 aliphatic carbocycles. The molecule has 0 aliphatic heterocycles. The molecule has 7 nitrogen and oxygen atoms in total. The molecule has 2 aromatic carbocycles. The van der Waals surface area contributed by atoms with Gasteiger partial charge in [-0.25, -0.2) is 4.98 Å². The van der Waals surface area contributed by atoms with Crippen molar-refractivity contribution in [2.24, 2.45) is 0 Å². The van der Waals surface area contributed by atoms with Crippen molar-refractivity contribution in [3.63, 3.8) is 0 Å². The molecule has 0 bridgehead atoms. The number of carbonyl (C=O) groups is 1. The molecule has 0 fully saturated rings. The lowest BCUT2D eigenvalue weighted by atomic mass is 10.1. The third-order valence-corrected chi connectivity index (χ3v) is 3.47. The van der Waals surface area contributed by atoms with Crippen molar-refractivity contribution in [3.05, 3.63) is 82.9 Å². The quantitative estimate of drug-likeness (QED) is 0.577. The van der Waals surface area contributed by atoms with Crippen molar-refractivity contribution in [1.82, 2.24) is 9.55 Å². The van der Waals surface area contributed by atoms with Gasteiger partial charge in [-0.3, -0.25) is 14.9 Å². The zero-order valence-electron chi connectivity index (χ0n) is 12.6. The number of rotatable bonds is 5. The van der Waals surface area contributed by atoms with Gasteiger partial charge in [-0.2, -0.15) is 0 Å². The first-order valence-corrected chi connectivity index (χ1v) is 7.24. The maximum atomic E-state index is 12.3. The molecule has 0 unspecified atom stereocenters. The number of nitrogens with zero attached hydrogens (tertiary/aromatic N) is 3. The highest BCUT2D eigenvalue weighted by Crippen LogP contribution is 2.20. The Morgan fingerprint density at radius 3 is 2.58 bits per heavy atom. The molecule has 1 heterocycles. The second kappa shape index (κ2) is 6.74. The minimum atomic E-state index is -0.467. The van der Waals surface area contributed by atoms with Gasteiger partial charge < -0.3 is 9.88 Å². The van der Waals surface area contributed by atoms with Crippen LogP contribution in [0, 0.1) is 10.1 Å². The van der Waals surface area contributed by atoms with Crippen LogP contribution in [0.2, 0.25) is 0 Å².